The van der Waals surface area contributed by atoms with E-state index in [0.29, 0.717) is 0 Å². The predicted octanol–water partition coefficient (Wildman–Crippen LogP) is 3.81. The minimum atomic E-state index is 0.771. The van der Waals surface area contributed by atoms with E-state index in [9.17, 15) is 0 Å². The summed E-state index contributed by atoms with van der Waals surface area (Å²) in [6, 6.07) is 2.99. The minimum Gasteiger partial charge on any atom is -0.310 e. The lowest BCUT2D eigenvalue weighted by Gasteiger charge is -2.28. The van der Waals surface area contributed by atoms with Crippen molar-refractivity contribution in [2.45, 2.75) is 51.6 Å². The van der Waals surface area contributed by atoms with Crippen LogP contribution >= 0.6 is 11.3 Å². The van der Waals surface area contributed by atoms with Crippen LogP contribution in [-0.2, 0) is 6.54 Å². The smallest absolute Gasteiger partial charge is 0.0216 e. The summed E-state index contributed by atoms with van der Waals surface area (Å²) in [6.07, 6.45) is 6.98. The summed E-state index contributed by atoms with van der Waals surface area (Å²) < 4.78 is 0. The Morgan fingerprint density at radius 2 is 2.13 bits per heavy atom. The van der Waals surface area contributed by atoms with Crippen LogP contribution in [0.3, 0.4) is 0 Å². The molecule has 0 aromatic carbocycles. The fraction of sp³-hybridized carbons (Fsp3) is 0.692. The molecule has 0 unspecified atom stereocenters. The van der Waals surface area contributed by atoms with E-state index in [-0.39, 0.29) is 0 Å². The summed E-state index contributed by atoms with van der Waals surface area (Å²) in [5.41, 5.74) is 1.44. The van der Waals surface area contributed by atoms with Crippen molar-refractivity contribution in [2.24, 2.45) is 5.92 Å². The van der Waals surface area contributed by atoms with Gasteiger partial charge in [-0.25, -0.2) is 0 Å². The standard InChI is InChI=1S/C13H21NS/c1-2-11-3-5-13(6-4-11)14-9-12-7-8-15-10-12/h7-8,10-11,13-14H,2-6,9H2,1H3. The van der Waals surface area contributed by atoms with E-state index in [1.165, 1.54) is 37.7 Å². The van der Waals surface area contributed by atoms with E-state index in [4.69, 9.17) is 0 Å². The van der Waals surface area contributed by atoms with Crippen molar-refractivity contribution >= 4 is 11.3 Å². The van der Waals surface area contributed by atoms with Crippen LogP contribution in [0.2, 0.25) is 0 Å². The Balaban J connectivity index is 1.69. The Labute approximate surface area is 96.9 Å². The highest BCUT2D eigenvalue weighted by Gasteiger charge is 2.19. The zero-order valence-corrected chi connectivity index (χ0v) is 10.4. The molecule has 0 aliphatic heterocycles. The number of hydrogen-bond donors (Lipinski definition) is 1. The lowest BCUT2D eigenvalue weighted by atomic mass is 9.84. The first kappa shape index (κ1) is 11.2. The first-order valence-electron chi connectivity index (χ1n) is 6.13. The van der Waals surface area contributed by atoms with Gasteiger partial charge in [0.2, 0.25) is 0 Å². The van der Waals surface area contributed by atoms with Crippen LogP contribution in [0.5, 0.6) is 0 Å². The lowest BCUT2D eigenvalue weighted by Crippen LogP contribution is -2.32. The van der Waals surface area contributed by atoms with Crippen molar-refractivity contribution in [2.75, 3.05) is 0 Å². The summed E-state index contributed by atoms with van der Waals surface area (Å²) in [6.45, 7) is 3.38. The third-order valence-corrected chi connectivity index (χ3v) is 4.33. The molecule has 0 bridgehead atoms. The SMILES string of the molecule is CCC1CCC(NCc2ccsc2)CC1. The Kier molecular flexibility index (Phi) is 4.21. The molecule has 1 aliphatic carbocycles. The van der Waals surface area contributed by atoms with E-state index in [0.717, 1.165) is 18.5 Å². The third kappa shape index (κ3) is 3.32. The second-order valence-electron chi connectivity index (χ2n) is 4.64. The molecule has 1 aliphatic rings. The van der Waals surface area contributed by atoms with E-state index in [2.05, 4.69) is 29.1 Å². The molecule has 1 aromatic heterocycles. The van der Waals surface area contributed by atoms with Crippen LogP contribution < -0.4 is 5.32 Å². The molecule has 0 radical (unpaired) electrons. The molecule has 0 spiro atoms. The van der Waals surface area contributed by atoms with E-state index >= 15 is 0 Å². The third-order valence-electron chi connectivity index (χ3n) is 3.60. The zero-order valence-electron chi connectivity index (χ0n) is 9.54. The molecule has 0 atom stereocenters. The summed E-state index contributed by atoms with van der Waals surface area (Å²) in [4.78, 5) is 0. The molecular formula is C13H21NS. The maximum absolute atomic E-state index is 3.68. The Hall–Kier alpha value is -0.340. The van der Waals surface area contributed by atoms with Gasteiger partial charge >= 0.3 is 0 Å². The molecule has 0 saturated heterocycles. The molecule has 1 aromatic rings. The molecule has 1 N–H and O–H groups in total. The van der Waals surface area contributed by atoms with Gasteiger partial charge in [-0.15, -0.1) is 0 Å². The zero-order chi connectivity index (χ0) is 10.5. The fourth-order valence-corrected chi connectivity index (χ4v) is 3.10. The van der Waals surface area contributed by atoms with E-state index in [1.54, 1.807) is 11.3 Å². The first-order valence-corrected chi connectivity index (χ1v) is 7.07. The van der Waals surface area contributed by atoms with Crippen molar-refractivity contribution in [1.82, 2.24) is 5.32 Å². The topological polar surface area (TPSA) is 12.0 Å². The second kappa shape index (κ2) is 5.66. The number of nitrogens with one attached hydrogen (secondary N) is 1. The molecule has 1 saturated carbocycles. The van der Waals surface area contributed by atoms with Gasteiger partial charge in [0.25, 0.3) is 0 Å². The predicted molar refractivity (Wildman–Crippen MR) is 67.2 cm³/mol. The molecule has 1 heterocycles. The Morgan fingerprint density at radius 1 is 1.33 bits per heavy atom. The fourth-order valence-electron chi connectivity index (χ4n) is 2.43. The van der Waals surface area contributed by atoms with Gasteiger partial charge in [-0.1, -0.05) is 13.3 Å². The lowest BCUT2D eigenvalue weighted by molar-refractivity contribution is 0.285. The molecule has 84 valence electrons. The second-order valence-corrected chi connectivity index (χ2v) is 5.42. The van der Waals surface area contributed by atoms with Crippen molar-refractivity contribution in [3.05, 3.63) is 22.4 Å². The van der Waals surface area contributed by atoms with Crippen LogP contribution in [0.4, 0.5) is 0 Å². The maximum Gasteiger partial charge on any atom is 0.0216 e. The van der Waals surface area contributed by atoms with Crippen molar-refractivity contribution in [3.8, 4) is 0 Å². The molecular weight excluding hydrogens is 202 g/mol. The molecule has 1 nitrogen and oxygen atoms in total. The summed E-state index contributed by atoms with van der Waals surface area (Å²) in [5.74, 6) is 1.00. The minimum absolute atomic E-state index is 0.771. The number of thiophene rings is 1. The highest BCUT2D eigenvalue weighted by atomic mass is 32.1. The average Bonchev–Trinajstić information content (AvgIpc) is 2.80. The van der Waals surface area contributed by atoms with Gasteiger partial charge in [0, 0.05) is 12.6 Å². The molecule has 15 heavy (non-hydrogen) atoms. The van der Waals surface area contributed by atoms with E-state index in [1.807, 2.05) is 0 Å². The van der Waals surface area contributed by atoms with Crippen molar-refractivity contribution < 1.29 is 0 Å². The van der Waals surface area contributed by atoms with Gasteiger partial charge in [0.1, 0.15) is 0 Å². The molecule has 1 fully saturated rings. The quantitative estimate of drug-likeness (QED) is 0.818. The maximum atomic E-state index is 3.68. The van der Waals surface area contributed by atoms with Crippen LogP contribution in [0.25, 0.3) is 0 Å². The Morgan fingerprint density at radius 3 is 2.73 bits per heavy atom. The number of rotatable bonds is 4. The largest absolute Gasteiger partial charge is 0.310 e. The highest BCUT2D eigenvalue weighted by molar-refractivity contribution is 7.07. The average molecular weight is 223 g/mol. The molecule has 2 heteroatoms. The summed E-state index contributed by atoms with van der Waals surface area (Å²) >= 11 is 1.79. The van der Waals surface area contributed by atoms with Gasteiger partial charge in [-0.05, 0) is 54.0 Å². The first-order chi connectivity index (χ1) is 7.38. The van der Waals surface area contributed by atoms with Gasteiger partial charge in [-0.2, -0.15) is 11.3 Å². The molecule has 0 amide bonds. The van der Waals surface area contributed by atoms with Crippen LogP contribution in [0, 0.1) is 5.92 Å². The van der Waals surface area contributed by atoms with Crippen LogP contribution in [-0.4, -0.2) is 6.04 Å². The van der Waals surface area contributed by atoms with Gasteiger partial charge in [0.05, 0.1) is 0 Å². The number of hydrogen-bond acceptors (Lipinski definition) is 2. The van der Waals surface area contributed by atoms with Crippen molar-refractivity contribution in [1.29, 1.82) is 0 Å². The van der Waals surface area contributed by atoms with Gasteiger partial charge in [0.15, 0.2) is 0 Å². The monoisotopic (exact) mass is 223 g/mol. The highest BCUT2D eigenvalue weighted by Crippen LogP contribution is 2.26. The van der Waals surface area contributed by atoms with Crippen molar-refractivity contribution in [3.63, 3.8) is 0 Å². The summed E-state index contributed by atoms with van der Waals surface area (Å²) in [7, 11) is 0. The van der Waals surface area contributed by atoms with Gasteiger partial charge in [-0.3, -0.25) is 0 Å². The molecule has 2 rings (SSSR count). The van der Waals surface area contributed by atoms with Gasteiger partial charge < -0.3 is 5.32 Å². The Bertz CT molecular complexity index is 260. The summed E-state index contributed by atoms with van der Waals surface area (Å²) in [5, 5.41) is 8.07. The van der Waals surface area contributed by atoms with E-state index < -0.39 is 0 Å². The van der Waals surface area contributed by atoms with Crippen LogP contribution in [0.15, 0.2) is 16.8 Å². The normalized spacial score (nSPS) is 26.7. The van der Waals surface area contributed by atoms with Crippen LogP contribution in [0.1, 0.15) is 44.6 Å².